The number of cyclic esters (lactones) is 1. The van der Waals surface area contributed by atoms with E-state index in [0.29, 0.717) is 12.0 Å². The second-order valence-electron chi connectivity index (χ2n) is 15.5. The molecule has 2 fully saturated rings. The van der Waals surface area contributed by atoms with Crippen molar-refractivity contribution in [1.82, 2.24) is 4.90 Å². The maximum atomic E-state index is 13.6. The van der Waals surface area contributed by atoms with E-state index < -0.39 is 109 Å². The average molecular weight is 774 g/mol. The highest BCUT2D eigenvalue weighted by atomic mass is 16.7. The summed E-state index contributed by atoms with van der Waals surface area (Å²) in [4.78, 5) is 28.8. The molecule has 0 aromatic heterocycles. The van der Waals surface area contributed by atoms with Gasteiger partial charge in [-0.2, -0.15) is 0 Å². The summed E-state index contributed by atoms with van der Waals surface area (Å²) in [6.07, 6.45) is -5.44. The van der Waals surface area contributed by atoms with E-state index in [1.807, 2.05) is 19.9 Å². The second-order valence-corrected chi connectivity index (χ2v) is 15.5. The van der Waals surface area contributed by atoms with Gasteiger partial charge in [-0.05, 0) is 66.1 Å². The lowest BCUT2D eigenvalue weighted by Crippen LogP contribution is -2.63. The highest BCUT2D eigenvalue weighted by Crippen LogP contribution is 2.35. The molecule has 2 saturated heterocycles. The molecule has 0 amide bonds. The number of aliphatic hydroxyl groups is 5. The fourth-order valence-corrected chi connectivity index (χ4v) is 7.85. The van der Waals surface area contributed by atoms with Crippen LogP contribution in [-0.2, 0) is 42.7 Å². The van der Waals surface area contributed by atoms with Crippen LogP contribution in [0.1, 0.15) is 67.2 Å². The minimum atomic E-state index is -1.28. The van der Waals surface area contributed by atoms with Crippen LogP contribution in [0.4, 0.5) is 0 Å². The van der Waals surface area contributed by atoms with Crippen molar-refractivity contribution in [2.24, 2.45) is 23.7 Å². The molecule has 0 aromatic carbocycles. The Morgan fingerprint density at radius 2 is 1.50 bits per heavy atom. The fourth-order valence-electron chi connectivity index (χ4n) is 7.85. The van der Waals surface area contributed by atoms with Crippen molar-refractivity contribution in [2.75, 3.05) is 41.5 Å². The third-order valence-corrected chi connectivity index (χ3v) is 11.2. The summed E-state index contributed by atoms with van der Waals surface area (Å²) in [5.41, 5.74) is 0.717. The fraction of sp³-hybridized carbons (Fsp3) is 0.846. The van der Waals surface area contributed by atoms with Crippen molar-refractivity contribution >= 4 is 11.8 Å². The number of carbonyl (C=O) groups is 2. The van der Waals surface area contributed by atoms with Gasteiger partial charge in [-0.3, -0.25) is 9.59 Å². The zero-order valence-corrected chi connectivity index (χ0v) is 33.6. The molecule has 0 aliphatic carbocycles. The lowest BCUT2D eigenvalue weighted by Gasteiger charge is -2.46. The molecule has 312 valence electrons. The second kappa shape index (κ2) is 21.6. The minimum Gasteiger partial charge on any atom is -0.462 e. The predicted molar refractivity (Wildman–Crippen MR) is 197 cm³/mol. The van der Waals surface area contributed by atoms with Crippen molar-refractivity contribution in [1.29, 1.82) is 0 Å². The molecule has 15 nitrogen and oxygen atoms in total. The number of carbonyl (C=O) groups excluding carboxylic acids is 2. The zero-order chi connectivity index (χ0) is 40.4. The molecular weight excluding hydrogens is 706 g/mol. The number of ether oxygens (including phenoxy) is 7. The summed E-state index contributed by atoms with van der Waals surface area (Å²) in [5.74, 6) is -3.09. The number of allylic oxidation sites excluding steroid dienone is 3. The van der Waals surface area contributed by atoms with Gasteiger partial charge in [0.1, 0.15) is 30.5 Å². The van der Waals surface area contributed by atoms with E-state index >= 15 is 0 Å². The maximum absolute atomic E-state index is 13.6. The van der Waals surface area contributed by atoms with Crippen LogP contribution >= 0.6 is 0 Å². The average Bonchev–Trinajstić information content (AvgIpc) is 3.12. The first-order chi connectivity index (χ1) is 25.5. The van der Waals surface area contributed by atoms with Crippen molar-refractivity contribution < 1.29 is 68.3 Å². The minimum absolute atomic E-state index is 0.0214. The number of ketones is 1. The van der Waals surface area contributed by atoms with Crippen LogP contribution < -0.4 is 0 Å². The molecular formula is C39H67NO14. The smallest absolute Gasteiger partial charge is 0.308 e. The SMILES string of the molecule is CC[C@H]1OC(=O)C[C@@H](O)[C@H](C)[C@@H](O[C@@H]2OC(C)[C@@H](O)C(N(C)C)C2O)[C@@H](CCO)C[C@@H](C)C(=O)/C=C/C(C)=C/[C@@H]1CO[C@@H]1OC(C)[C@@H](O)[C@H](OC)C1OC. The number of likely N-dealkylation sites (N-methyl/N-ethyl adjacent to an activating group) is 1. The number of methoxy groups -OCH3 is 2. The summed E-state index contributed by atoms with van der Waals surface area (Å²) >= 11 is 0. The number of rotatable bonds is 11. The van der Waals surface area contributed by atoms with E-state index in [4.69, 9.17) is 33.2 Å². The van der Waals surface area contributed by atoms with Crippen molar-refractivity contribution in [3.63, 3.8) is 0 Å². The summed E-state index contributed by atoms with van der Waals surface area (Å²) in [6, 6.07) is -0.720. The molecule has 0 saturated carbocycles. The van der Waals surface area contributed by atoms with Crippen LogP contribution in [0.2, 0.25) is 0 Å². The third-order valence-electron chi connectivity index (χ3n) is 11.2. The number of hydrogen-bond acceptors (Lipinski definition) is 15. The molecule has 17 atom stereocenters. The molecule has 54 heavy (non-hydrogen) atoms. The summed E-state index contributed by atoms with van der Waals surface area (Å²) < 4.78 is 41.7. The topological polar surface area (TPSA) is 203 Å². The first-order valence-corrected chi connectivity index (χ1v) is 19.2. The lowest BCUT2D eigenvalue weighted by atomic mass is 9.79. The molecule has 3 aliphatic rings. The number of nitrogens with zero attached hydrogens (tertiary/aromatic N) is 1. The largest absolute Gasteiger partial charge is 0.462 e. The molecule has 3 rings (SSSR count). The van der Waals surface area contributed by atoms with Crippen LogP contribution in [0.15, 0.2) is 23.8 Å². The Hall–Kier alpha value is -1.86. The van der Waals surface area contributed by atoms with Crippen LogP contribution in [0.5, 0.6) is 0 Å². The van der Waals surface area contributed by atoms with Gasteiger partial charge in [0.25, 0.3) is 0 Å². The van der Waals surface area contributed by atoms with Gasteiger partial charge in [0.05, 0.1) is 49.6 Å². The summed E-state index contributed by atoms with van der Waals surface area (Å²) in [5, 5.41) is 54.4. The predicted octanol–water partition coefficient (Wildman–Crippen LogP) is 1.36. The van der Waals surface area contributed by atoms with Crippen LogP contribution in [0, 0.1) is 23.7 Å². The van der Waals surface area contributed by atoms with Gasteiger partial charge in [-0.15, -0.1) is 0 Å². The molecule has 5 unspecified atom stereocenters. The lowest BCUT2D eigenvalue weighted by molar-refractivity contribution is -0.304. The molecule has 3 heterocycles. The Labute approximate surface area is 320 Å². The van der Waals surface area contributed by atoms with E-state index in [-0.39, 0.29) is 38.3 Å². The van der Waals surface area contributed by atoms with Crippen molar-refractivity contribution in [2.45, 2.75) is 147 Å². The van der Waals surface area contributed by atoms with Gasteiger partial charge in [-0.1, -0.05) is 38.5 Å². The Kier molecular flexibility index (Phi) is 18.6. The number of aliphatic hydroxyl groups excluding tert-OH is 5. The van der Waals surface area contributed by atoms with Crippen molar-refractivity contribution in [3.8, 4) is 0 Å². The first kappa shape index (κ1) is 46.5. The van der Waals surface area contributed by atoms with Crippen LogP contribution in [-0.4, -0.2) is 163 Å². The molecule has 3 aliphatic heterocycles. The van der Waals surface area contributed by atoms with E-state index in [0.717, 1.165) is 0 Å². The Morgan fingerprint density at radius 1 is 0.870 bits per heavy atom. The van der Waals surface area contributed by atoms with E-state index in [1.165, 1.54) is 20.3 Å². The number of hydrogen-bond donors (Lipinski definition) is 5. The summed E-state index contributed by atoms with van der Waals surface area (Å²) in [7, 11) is 6.40. The molecule has 15 heteroatoms. The highest BCUT2D eigenvalue weighted by molar-refractivity contribution is 5.91. The first-order valence-electron chi connectivity index (χ1n) is 19.2. The van der Waals surface area contributed by atoms with Gasteiger partial charge in [0.2, 0.25) is 0 Å². The van der Waals surface area contributed by atoms with Crippen LogP contribution in [0.25, 0.3) is 0 Å². The molecule has 0 spiro atoms. The molecule has 0 bridgehead atoms. The van der Waals surface area contributed by atoms with E-state index in [2.05, 4.69) is 0 Å². The Bertz CT molecular complexity index is 1230. The van der Waals surface area contributed by atoms with Gasteiger partial charge < -0.3 is 63.6 Å². The Balaban J connectivity index is 1.96. The standard InChI is InChI=1S/C39H67NO14/c1-11-29-26(19-50-39-37(49-10)36(48-9)33(46)24(6)52-39)16-20(2)12-13-27(42)21(3)17-25(14-15-41)35(22(4)28(43)18-30(44)53-29)54-38-34(47)31(40(7)8)32(45)23(5)51-38/h12-13,16,21-26,28-29,31-39,41,43,45-47H,11,14-15,17-19H2,1-10H3/b13-12+,20-16+/t21-,22+,23?,24?,25+,26-,28-,29-,31?,32-,33-,34?,35-,36+,37?,38+,39-/m1/s1. The monoisotopic (exact) mass is 773 g/mol. The molecule has 0 radical (unpaired) electrons. The third kappa shape index (κ3) is 11.8. The van der Waals surface area contributed by atoms with Crippen molar-refractivity contribution in [3.05, 3.63) is 23.8 Å². The van der Waals surface area contributed by atoms with Gasteiger partial charge in [0, 0.05) is 38.6 Å². The van der Waals surface area contributed by atoms with Gasteiger partial charge in [-0.25, -0.2) is 0 Å². The van der Waals surface area contributed by atoms with E-state index in [9.17, 15) is 35.1 Å². The molecule has 5 N–H and O–H groups in total. The molecule has 0 aromatic rings. The summed E-state index contributed by atoms with van der Waals surface area (Å²) in [6.45, 7) is 10.3. The zero-order valence-electron chi connectivity index (χ0n) is 33.6. The van der Waals surface area contributed by atoms with Gasteiger partial charge >= 0.3 is 5.97 Å². The normalized spacial score (nSPS) is 43.7. The Morgan fingerprint density at radius 3 is 2.09 bits per heavy atom. The van der Waals surface area contributed by atoms with E-state index in [1.54, 1.807) is 52.8 Å². The number of esters is 1. The quantitative estimate of drug-likeness (QED) is 0.188. The van der Waals surface area contributed by atoms with Crippen LogP contribution in [0.3, 0.4) is 0 Å². The van der Waals surface area contributed by atoms with Gasteiger partial charge in [0.15, 0.2) is 18.4 Å². The highest BCUT2D eigenvalue weighted by Gasteiger charge is 2.48. The maximum Gasteiger partial charge on any atom is 0.308 e.